The van der Waals surface area contributed by atoms with Crippen molar-refractivity contribution in [1.29, 1.82) is 0 Å². The van der Waals surface area contributed by atoms with Crippen molar-refractivity contribution >= 4 is 39.3 Å². The molecule has 9 heteroatoms. The first-order chi connectivity index (χ1) is 15.5. The molecule has 1 atom stereocenters. The third-order valence-electron chi connectivity index (χ3n) is 5.48. The molecule has 1 amide bonds. The second-order valence-electron chi connectivity index (χ2n) is 7.85. The number of carbonyl (C=O) groups excluding carboxylic acids is 1. The Labute approximate surface area is 188 Å². The standard InChI is InChI=1S/C23H22N6O2S/c1-14-5-6-16-11-15(2)20-27-28(23(31)29(20)19(16)10-14)9-8-25-21(30)18-13-32-22(26-18)17-4-3-7-24-12-17/h3-7,10-12,18H,8-9,13H2,1-2H3,(H,25,30)/t18-/m0/s1. The minimum absolute atomic E-state index is 0.148. The van der Waals surface area contributed by atoms with Gasteiger partial charge in [0.05, 0.1) is 12.1 Å². The van der Waals surface area contributed by atoms with Crippen LogP contribution in [0, 0.1) is 13.8 Å². The number of hydrogen-bond acceptors (Lipinski definition) is 6. The number of aryl methyl sites for hydroxylation is 2. The zero-order valence-corrected chi connectivity index (χ0v) is 18.6. The Kier molecular flexibility index (Phi) is 5.26. The fraction of sp³-hybridized carbons (Fsp3) is 0.261. The van der Waals surface area contributed by atoms with E-state index in [1.165, 1.54) is 4.68 Å². The molecule has 0 spiro atoms. The molecule has 1 aliphatic heterocycles. The summed E-state index contributed by atoms with van der Waals surface area (Å²) < 4.78 is 3.07. The SMILES string of the molecule is Cc1ccc2cc(C)c3nn(CCNC(=O)[C@@H]4CSC(c5cccnc5)=N4)c(=O)n3c2c1. The lowest BCUT2D eigenvalue weighted by molar-refractivity contribution is -0.121. The second-order valence-corrected chi connectivity index (χ2v) is 8.86. The number of fused-ring (bicyclic) bond motifs is 3. The van der Waals surface area contributed by atoms with Gasteiger partial charge in [-0.15, -0.1) is 16.9 Å². The van der Waals surface area contributed by atoms with E-state index in [4.69, 9.17) is 0 Å². The molecule has 32 heavy (non-hydrogen) atoms. The van der Waals surface area contributed by atoms with Crippen molar-refractivity contribution in [3.63, 3.8) is 0 Å². The summed E-state index contributed by atoms with van der Waals surface area (Å²) in [6.07, 6.45) is 3.45. The number of nitrogens with one attached hydrogen (secondary N) is 1. The smallest absolute Gasteiger partial charge is 0.350 e. The highest BCUT2D eigenvalue weighted by molar-refractivity contribution is 8.14. The normalized spacial score (nSPS) is 15.9. The maximum absolute atomic E-state index is 13.1. The number of aliphatic imine (C=N–C) groups is 1. The lowest BCUT2D eigenvalue weighted by Crippen LogP contribution is -2.37. The Morgan fingerprint density at radius 2 is 2.12 bits per heavy atom. The molecule has 0 aliphatic carbocycles. The summed E-state index contributed by atoms with van der Waals surface area (Å²) in [5.41, 5.74) is 4.20. The first-order valence-electron chi connectivity index (χ1n) is 10.4. The third kappa shape index (κ3) is 3.69. The third-order valence-corrected chi connectivity index (χ3v) is 6.57. The van der Waals surface area contributed by atoms with E-state index in [0.717, 1.165) is 32.6 Å². The number of amides is 1. The summed E-state index contributed by atoms with van der Waals surface area (Å²) in [4.78, 5) is 34.3. The van der Waals surface area contributed by atoms with Gasteiger partial charge in [0.2, 0.25) is 5.91 Å². The molecule has 1 N–H and O–H groups in total. The van der Waals surface area contributed by atoms with Crippen LogP contribution >= 0.6 is 11.8 Å². The Morgan fingerprint density at radius 3 is 2.94 bits per heavy atom. The molecule has 0 unspecified atom stereocenters. The van der Waals surface area contributed by atoms with E-state index in [1.807, 2.05) is 50.2 Å². The van der Waals surface area contributed by atoms with Gasteiger partial charge in [-0.25, -0.2) is 13.9 Å². The maximum atomic E-state index is 13.1. The number of carbonyl (C=O) groups is 1. The van der Waals surface area contributed by atoms with Crippen LogP contribution in [0.15, 0.2) is 58.6 Å². The zero-order chi connectivity index (χ0) is 22.2. The van der Waals surface area contributed by atoms with Gasteiger partial charge in [-0.1, -0.05) is 12.1 Å². The molecule has 4 heterocycles. The van der Waals surface area contributed by atoms with Gasteiger partial charge in [0.15, 0.2) is 5.65 Å². The predicted molar refractivity (Wildman–Crippen MR) is 126 cm³/mol. The Bertz CT molecular complexity index is 1420. The van der Waals surface area contributed by atoms with Crippen LogP contribution in [0.25, 0.3) is 16.6 Å². The molecular weight excluding hydrogens is 424 g/mol. The summed E-state index contributed by atoms with van der Waals surface area (Å²) in [6, 6.07) is 11.4. The first-order valence-corrected chi connectivity index (χ1v) is 11.4. The van der Waals surface area contributed by atoms with Gasteiger partial charge in [0, 0.05) is 30.3 Å². The highest BCUT2D eigenvalue weighted by atomic mass is 32.2. The predicted octanol–water partition coefficient (Wildman–Crippen LogP) is 2.34. The van der Waals surface area contributed by atoms with Crippen molar-refractivity contribution < 1.29 is 4.79 Å². The average Bonchev–Trinajstić information content (AvgIpc) is 3.41. The van der Waals surface area contributed by atoms with Crippen LogP contribution in [0.1, 0.15) is 16.7 Å². The summed E-state index contributed by atoms with van der Waals surface area (Å²) >= 11 is 1.55. The molecule has 0 fully saturated rings. The average molecular weight is 447 g/mol. The lowest BCUT2D eigenvalue weighted by atomic mass is 10.1. The molecule has 162 valence electrons. The van der Waals surface area contributed by atoms with E-state index >= 15 is 0 Å². The van der Waals surface area contributed by atoms with Gasteiger partial charge in [0.25, 0.3) is 0 Å². The molecule has 0 radical (unpaired) electrons. The summed E-state index contributed by atoms with van der Waals surface area (Å²) in [5.74, 6) is 0.444. The van der Waals surface area contributed by atoms with E-state index in [9.17, 15) is 9.59 Å². The van der Waals surface area contributed by atoms with E-state index < -0.39 is 6.04 Å². The monoisotopic (exact) mass is 446 g/mol. The van der Waals surface area contributed by atoms with Gasteiger partial charge in [0.1, 0.15) is 11.1 Å². The van der Waals surface area contributed by atoms with E-state index in [-0.39, 0.29) is 18.1 Å². The minimum atomic E-state index is -0.442. The number of rotatable bonds is 5. The quantitative estimate of drug-likeness (QED) is 0.508. The Hall–Kier alpha value is -3.46. The number of nitrogens with zero attached hydrogens (tertiary/aromatic N) is 5. The van der Waals surface area contributed by atoms with Gasteiger partial charge in [-0.3, -0.25) is 14.8 Å². The van der Waals surface area contributed by atoms with Crippen LogP contribution in [-0.2, 0) is 11.3 Å². The van der Waals surface area contributed by atoms with Crippen molar-refractivity contribution in [3.05, 3.63) is 76.0 Å². The van der Waals surface area contributed by atoms with Crippen LogP contribution in [0.3, 0.4) is 0 Å². The van der Waals surface area contributed by atoms with Crippen molar-refractivity contribution in [2.75, 3.05) is 12.3 Å². The number of thioether (sulfide) groups is 1. The van der Waals surface area contributed by atoms with Crippen molar-refractivity contribution in [1.82, 2.24) is 24.5 Å². The minimum Gasteiger partial charge on any atom is -0.352 e. The Morgan fingerprint density at radius 1 is 1.25 bits per heavy atom. The van der Waals surface area contributed by atoms with Crippen molar-refractivity contribution in [2.24, 2.45) is 4.99 Å². The van der Waals surface area contributed by atoms with Crippen molar-refractivity contribution in [3.8, 4) is 0 Å². The van der Waals surface area contributed by atoms with Gasteiger partial charge in [-0.05, 0) is 54.6 Å². The summed E-state index contributed by atoms with van der Waals surface area (Å²) in [5, 5.41) is 9.23. The van der Waals surface area contributed by atoms with E-state index in [2.05, 4.69) is 20.4 Å². The molecular formula is C23H22N6O2S. The van der Waals surface area contributed by atoms with Gasteiger partial charge >= 0.3 is 5.69 Å². The number of hydrogen-bond donors (Lipinski definition) is 1. The zero-order valence-electron chi connectivity index (χ0n) is 17.8. The molecule has 0 saturated heterocycles. The highest BCUT2D eigenvalue weighted by Crippen LogP contribution is 2.23. The Balaban J connectivity index is 1.31. The largest absolute Gasteiger partial charge is 0.352 e. The molecule has 0 bridgehead atoms. The van der Waals surface area contributed by atoms with Crippen LogP contribution in [-0.4, -0.2) is 48.5 Å². The number of benzene rings is 1. The first kappa shape index (κ1) is 20.4. The molecule has 8 nitrogen and oxygen atoms in total. The maximum Gasteiger partial charge on any atom is 0.350 e. The van der Waals surface area contributed by atoms with Gasteiger partial charge in [-0.2, -0.15) is 0 Å². The fourth-order valence-corrected chi connectivity index (χ4v) is 4.88. The van der Waals surface area contributed by atoms with Gasteiger partial charge < -0.3 is 5.32 Å². The number of aromatic nitrogens is 4. The second kappa shape index (κ2) is 8.23. The lowest BCUT2D eigenvalue weighted by Gasteiger charge is -2.07. The van der Waals surface area contributed by atoms with Crippen LogP contribution < -0.4 is 11.0 Å². The molecule has 1 aromatic carbocycles. The summed E-state index contributed by atoms with van der Waals surface area (Å²) in [7, 11) is 0. The van der Waals surface area contributed by atoms with Crippen LogP contribution in [0.4, 0.5) is 0 Å². The molecule has 3 aromatic heterocycles. The molecule has 0 saturated carbocycles. The highest BCUT2D eigenvalue weighted by Gasteiger charge is 2.25. The molecule has 1 aliphatic rings. The van der Waals surface area contributed by atoms with Crippen molar-refractivity contribution in [2.45, 2.75) is 26.4 Å². The molecule has 4 aromatic rings. The summed E-state index contributed by atoms with van der Waals surface area (Å²) in [6.45, 7) is 4.54. The molecule has 5 rings (SSSR count). The fourth-order valence-electron chi connectivity index (χ4n) is 3.85. The van der Waals surface area contributed by atoms with Crippen LogP contribution in [0.5, 0.6) is 0 Å². The topological polar surface area (TPSA) is 93.7 Å². The van der Waals surface area contributed by atoms with E-state index in [0.29, 0.717) is 17.9 Å². The number of pyridine rings is 2. The van der Waals surface area contributed by atoms with Crippen LogP contribution in [0.2, 0.25) is 0 Å². The van der Waals surface area contributed by atoms with E-state index in [1.54, 1.807) is 28.6 Å².